The van der Waals surface area contributed by atoms with Gasteiger partial charge in [0, 0.05) is 30.0 Å². The van der Waals surface area contributed by atoms with Crippen LogP contribution in [0.2, 0.25) is 0 Å². The van der Waals surface area contributed by atoms with Gasteiger partial charge in [0.1, 0.15) is 11.5 Å². The van der Waals surface area contributed by atoms with Gasteiger partial charge in [-0.05, 0) is 89.3 Å². The Balaban J connectivity index is 1.89. The predicted octanol–water partition coefficient (Wildman–Crippen LogP) is 7.05. The van der Waals surface area contributed by atoms with Gasteiger partial charge in [-0.15, -0.1) is 0 Å². The van der Waals surface area contributed by atoms with Gasteiger partial charge >= 0.3 is 0 Å². The number of ketones is 1. The molecule has 1 N–H and O–H groups in total. The van der Waals surface area contributed by atoms with E-state index in [2.05, 4.69) is 48.5 Å². The smallest absolute Gasteiger partial charge is 0.300 e. The number of carbonyl (C=O) groups excluding carboxylic acids is 2. The molecule has 3 aromatic carbocycles. The standard InChI is InChI=1S/C31H33BrN2O4/c1-6-33(7-2)23-13-10-21(11-14-23)28-27(29(35)22-12-17-26(38-5)25(32)18-22)30(36)31(37)34(28)24-15-8-20(9-16-24)19(3)4/h8-19,28,35H,6-7H2,1-5H3/b29-27-. The number of anilines is 2. The van der Waals surface area contributed by atoms with E-state index in [0.717, 1.165) is 29.9 Å². The summed E-state index contributed by atoms with van der Waals surface area (Å²) in [7, 11) is 1.55. The first-order valence-electron chi connectivity index (χ1n) is 12.8. The zero-order valence-corrected chi connectivity index (χ0v) is 24.0. The number of aliphatic hydroxyl groups excluding tert-OH is 1. The summed E-state index contributed by atoms with van der Waals surface area (Å²) < 4.78 is 5.93. The van der Waals surface area contributed by atoms with Crippen LogP contribution in [0.5, 0.6) is 5.75 Å². The third-order valence-electron chi connectivity index (χ3n) is 7.04. The summed E-state index contributed by atoms with van der Waals surface area (Å²) in [4.78, 5) is 30.7. The number of benzene rings is 3. The fraction of sp³-hybridized carbons (Fsp3) is 0.290. The van der Waals surface area contributed by atoms with Gasteiger partial charge in [0.05, 0.1) is 23.2 Å². The number of aliphatic hydroxyl groups is 1. The van der Waals surface area contributed by atoms with Crippen LogP contribution in [0.1, 0.15) is 56.3 Å². The number of carbonyl (C=O) groups is 2. The molecule has 198 valence electrons. The average Bonchev–Trinajstić information content (AvgIpc) is 3.19. The predicted molar refractivity (Wildman–Crippen MR) is 156 cm³/mol. The van der Waals surface area contributed by atoms with Gasteiger partial charge in [-0.3, -0.25) is 14.5 Å². The Kier molecular flexibility index (Phi) is 8.26. The maximum atomic E-state index is 13.5. The Morgan fingerprint density at radius 2 is 1.63 bits per heavy atom. The first kappa shape index (κ1) is 27.5. The lowest BCUT2D eigenvalue weighted by atomic mass is 9.94. The van der Waals surface area contributed by atoms with E-state index in [9.17, 15) is 14.7 Å². The molecule has 0 saturated carbocycles. The number of halogens is 1. The molecule has 1 saturated heterocycles. The summed E-state index contributed by atoms with van der Waals surface area (Å²) in [5, 5.41) is 11.4. The SMILES string of the molecule is CCN(CC)c1ccc(C2/C(=C(/O)c3ccc(OC)c(Br)c3)C(=O)C(=O)N2c2ccc(C(C)C)cc2)cc1. The summed E-state index contributed by atoms with van der Waals surface area (Å²) >= 11 is 3.45. The second-order valence-corrected chi connectivity index (χ2v) is 10.4. The number of hydrogen-bond donors (Lipinski definition) is 1. The van der Waals surface area contributed by atoms with Crippen LogP contribution in [0, 0.1) is 0 Å². The van der Waals surface area contributed by atoms with Crippen molar-refractivity contribution in [2.24, 2.45) is 0 Å². The Morgan fingerprint density at radius 1 is 1.00 bits per heavy atom. The largest absolute Gasteiger partial charge is 0.507 e. The summed E-state index contributed by atoms with van der Waals surface area (Å²) in [5.41, 5.74) is 3.99. The minimum absolute atomic E-state index is 0.0515. The lowest BCUT2D eigenvalue weighted by Gasteiger charge is -2.27. The Bertz CT molecular complexity index is 1360. The van der Waals surface area contributed by atoms with Gasteiger partial charge in [-0.25, -0.2) is 0 Å². The van der Waals surface area contributed by atoms with Crippen molar-refractivity contribution in [2.75, 3.05) is 30.0 Å². The number of Topliss-reactive ketones (excluding diaryl/α,β-unsaturated/α-hetero) is 1. The van der Waals surface area contributed by atoms with E-state index in [1.54, 1.807) is 25.3 Å². The molecule has 0 aromatic heterocycles. The first-order valence-corrected chi connectivity index (χ1v) is 13.6. The third-order valence-corrected chi connectivity index (χ3v) is 7.66. The number of ether oxygens (including phenoxy) is 1. The van der Waals surface area contributed by atoms with Gasteiger partial charge in [0.2, 0.25) is 0 Å². The fourth-order valence-corrected chi connectivity index (χ4v) is 5.40. The third kappa shape index (κ3) is 5.07. The molecule has 1 fully saturated rings. The molecular formula is C31H33BrN2O4. The van der Waals surface area contributed by atoms with Crippen LogP contribution >= 0.6 is 15.9 Å². The highest BCUT2D eigenvalue weighted by Crippen LogP contribution is 2.43. The van der Waals surface area contributed by atoms with Crippen molar-refractivity contribution in [3.05, 3.63) is 93.5 Å². The lowest BCUT2D eigenvalue weighted by molar-refractivity contribution is -0.132. The quantitative estimate of drug-likeness (QED) is 0.177. The summed E-state index contributed by atoms with van der Waals surface area (Å²) in [6.45, 7) is 10.1. The summed E-state index contributed by atoms with van der Waals surface area (Å²) in [5.74, 6) is -0.701. The summed E-state index contributed by atoms with van der Waals surface area (Å²) in [6.07, 6.45) is 0. The van der Waals surface area contributed by atoms with E-state index in [1.807, 2.05) is 48.5 Å². The van der Waals surface area contributed by atoms with E-state index in [4.69, 9.17) is 4.74 Å². The molecule has 1 atom stereocenters. The van der Waals surface area contributed by atoms with Crippen molar-refractivity contribution in [1.29, 1.82) is 0 Å². The van der Waals surface area contributed by atoms with Crippen LogP contribution in [0.25, 0.3) is 5.76 Å². The molecule has 0 radical (unpaired) electrons. The van der Waals surface area contributed by atoms with E-state index in [1.165, 1.54) is 4.90 Å². The lowest BCUT2D eigenvalue weighted by Crippen LogP contribution is -2.29. The fourth-order valence-electron chi connectivity index (χ4n) is 4.86. The number of amides is 1. The Hall–Kier alpha value is -3.58. The van der Waals surface area contributed by atoms with Gasteiger partial charge in [-0.1, -0.05) is 38.1 Å². The van der Waals surface area contributed by atoms with E-state index in [-0.39, 0.29) is 11.3 Å². The van der Waals surface area contributed by atoms with E-state index < -0.39 is 17.7 Å². The molecule has 38 heavy (non-hydrogen) atoms. The molecule has 0 spiro atoms. The van der Waals surface area contributed by atoms with Crippen molar-refractivity contribution in [3.63, 3.8) is 0 Å². The number of rotatable bonds is 8. The van der Waals surface area contributed by atoms with Crippen molar-refractivity contribution < 1.29 is 19.4 Å². The number of hydrogen-bond acceptors (Lipinski definition) is 5. The number of methoxy groups -OCH3 is 1. The molecule has 7 heteroatoms. The zero-order chi connectivity index (χ0) is 27.6. The molecule has 0 aliphatic carbocycles. The second-order valence-electron chi connectivity index (χ2n) is 9.53. The maximum Gasteiger partial charge on any atom is 0.300 e. The summed E-state index contributed by atoms with van der Waals surface area (Å²) in [6, 6.07) is 19.8. The van der Waals surface area contributed by atoms with Crippen LogP contribution < -0.4 is 14.5 Å². The van der Waals surface area contributed by atoms with Gasteiger partial charge in [-0.2, -0.15) is 0 Å². The van der Waals surface area contributed by atoms with E-state index in [0.29, 0.717) is 27.4 Å². The van der Waals surface area contributed by atoms with Crippen molar-refractivity contribution >= 4 is 44.8 Å². The Labute approximate surface area is 232 Å². The van der Waals surface area contributed by atoms with Crippen LogP contribution in [0.3, 0.4) is 0 Å². The highest BCUT2D eigenvalue weighted by molar-refractivity contribution is 9.10. The van der Waals surface area contributed by atoms with Gasteiger partial charge < -0.3 is 14.7 Å². The topological polar surface area (TPSA) is 70.1 Å². The van der Waals surface area contributed by atoms with Crippen LogP contribution in [-0.4, -0.2) is 37.0 Å². The van der Waals surface area contributed by atoms with Crippen molar-refractivity contribution in [3.8, 4) is 5.75 Å². The monoisotopic (exact) mass is 576 g/mol. The zero-order valence-electron chi connectivity index (χ0n) is 22.4. The van der Waals surface area contributed by atoms with Crippen LogP contribution in [0.4, 0.5) is 11.4 Å². The average molecular weight is 578 g/mol. The molecular weight excluding hydrogens is 544 g/mol. The van der Waals surface area contributed by atoms with Crippen LogP contribution in [0.15, 0.2) is 76.8 Å². The highest BCUT2D eigenvalue weighted by atomic mass is 79.9. The molecule has 1 amide bonds. The Morgan fingerprint density at radius 3 is 2.16 bits per heavy atom. The van der Waals surface area contributed by atoms with Gasteiger partial charge in [0.15, 0.2) is 0 Å². The molecule has 1 aliphatic rings. The van der Waals surface area contributed by atoms with Crippen molar-refractivity contribution in [2.45, 2.75) is 39.7 Å². The first-order chi connectivity index (χ1) is 18.2. The number of nitrogens with zero attached hydrogens (tertiary/aromatic N) is 2. The minimum Gasteiger partial charge on any atom is -0.507 e. The molecule has 1 heterocycles. The highest BCUT2D eigenvalue weighted by Gasteiger charge is 2.47. The van der Waals surface area contributed by atoms with Gasteiger partial charge in [0.25, 0.3) is 11.7 Å². The maximum absolute atomic E-state index is 13.5. The van der Waals surface area contributed by atoms with E-state index >= 15 is 0 Å². The van der Waals surface area contributed by atoms with Crippen LogP contribution in [-0.2, 0) is 9.59 Å². The molecule has 1 aliphatic heterocycles. The minimum atomic E-state index is -0.786. The molecule has 1 unspecified atom stereocenters. The normalized spacial score (nSPS) is 16.8. The molecule has 3 aromatic rings. The second kappa shape index (κ2) is 11.4. The molecule has 4 rings (SSSR count). The van der Waals surface area contributed by atoms with Crippen molar-refractivity contribution in [1.82, 2.24) is 0 Å². The molecule has 6 nitrogen and oxygen atoms in total. The molecule has 0 bridgehead atoms.